The number of amides is 1. The molecule has 1 amide bonds. The molecule has 34 heavy (non-hydrogen) atoms. The van der Waals surface area contributed by atoms with Crippen LogP contribution in [0.3, 0.4) is 0 Å². The van der Waals surface area contributed by atoms with Crippen molar-refractivity contribution in [3.05, 3.63) is 77.1 Å². The molecule has 1 aromatic heterocycles. The minimum absolute atomic E-state index is 0.0484. The third-order valence-electron chi connectivity index (χ3n) is 5.38. The van der Waals surface area contributed by atoms with Crippen LogP contribution in [0.5, 0.6) is 0 Å². The van der Waals surface area contributed by atoms with E-state index in [1.165, 1.54) is 23.1 Å². The lowest BCUT2D eigenvalue weighted by Crippen LogP contribution is -2.36. The molecule has 182 valence electrons. The Labute approximate surface area is 196 Å². The SMILES string of the molecule is Cc1ccc(Nc2c(C(=O)N(CC[OH2+])CCCNCc3cncn3C)ccc(F)c2F)c(F)c1. The molecule has 3 aromatic rings. The van der Waals surface area contributed by atoms with Crippen LogP contribution in [0.25, 0.3) is 0 Å². The number of benzene rings is 2. The molecular weight excluding hydrogens is 447 g/mol. The molecule has 1 heterocycles. The highest BCUT2D eigenvalue weighted by atomic mass is 19.2. The quantitative estimate of drug-likeness (QED) is 0.329. The average Bonchev–Trinajstić information content (AvgIpc) is 3.21. The second-order valence-corrected chi connectivity index (χ2v) is 7.96. The van der Waals surface area contributed by atoms with Gasteiger partial charge in [-0.3, -0.25) is 4.79 Å². The second-order valence-electron chi connectivity index (χ2n) is 7.96. The fraction of sp³-hybridized carbons (Fsp3) is 0.333. The van der Waals surface area contributed by atoms with Crippen LogP contribution in [0.15, 0.2) is 42.9 Å². The molecule has 0 atom stereocenters. The molecule has 0 fully saturated rings. The van der Waals surface area contributed by atoms with Crippen molar-refractivity contribution in [2.75, 3.05) is 31.6 Å². The number of carbonyl (C=O) groups is 1. The highest BCUT2D eigenvalue weighted by Crippen LogP contribution is 2.29. The average molecular weight is 477 g/mol. The van der Waals surface area contributed by atoms with E-state index in [9.17, 15) is 18.0 Å². The lowest BCUT2D eigenvalue weighted by atomic mass is 10.1. The molecule has 0 aliphatic rings. The summed E-state index contributed by atoms with van der Waals surface area (Å²) in [7, 11) is 1.90. The van der Waals surface area contributed by atoms with Crippen LogP contribution in [0.1, 0.15) is 28.0 Å². The first kappa shape index (κ1) is 25.3. The van der Waals surface area contributed by atoms with E-state index < -0.39 is 29.0 Å². The fourth-order valence-corrected chi connectivity index (χ4v) is 3.49. The van der Waals surface area contributed by atoms with E-state index >= 15 is 0 Å². The van der Waals surface area contributed by atoms with Gasteiger partial charge in [-0.1, -0.05) is 6.07 Å². The molecule has 3 rings (SSSR count). The van der Waals surface area contributed by atoms with Gasteiger partial charge < -0.3 is 25.2 Å². The van der Waals surface area contributed by atoms with Gasteiger partial charge >= 0.3 is 0 Å². The summed E-state index contributed by atoms with van der Waals surface area (Å²) in [5.74, 6) is -3.63. The van der Waals surface area contributed by atoms with Gasteiger partial charge in [-0.05, 0) is 49.7 Å². The monoisotopic (exact) mass is 476 g/mol. The molecule has 0 unspecified atom stereocenters. The number of halogens is 3. The summed E-state index contributed by atoms with van der Waals surface area (Å²) in [6.07, 6.45) is 4.06. The van der Waals surface area contributed by atoms with Crippen LogP contribution in [-0.2, 0) is 13.6 Å². The first-order chi connectivity index (χ1) is 16.3. The molecule has 0 spiro atoms. The van der Waals surface area contributed by atoms with Crippen LogP contribution in [0, 0.1) is 24.4 Å². The zero-order valence-corrected chi connectivity index (χ0v) is 19.2. The van der Waals surface area contributed by atoms with Gasteiger partial charge in [0, 0.05) is 26.3 Å². The maximum atomic E-state index is 14.7. The van der Waals surface area contributed by atoms with E-state index in [0.29, 0.717) is 31.6 Å². The lowest BCUT2D eigenvalue weighted by Gasteiger charge is -2.23. The van der Waals surface area contributed by atoms with Crippen molar-refractivity contribution in [1.29, 1.82) is 0 Å². The normalized spacial score (nSPS) is 11.0. The Balaban J connectivity index is 1.73. The zero-order valence-electron chi connectivity index (χ0n) is 19.2. The number of rotatable bonds is 11. The maximum Gasteiger partial charge on any atom is 0.256 e. The van der Waals surface area contributed by atoms with Gasteiger partial charge in [-0.25, -0.2) is 18.2 Å². The molecule has 0 saturated heterocycles. The summed E-state index contributed by atoms with van der Waals surface area (Å²) in [6.45, 7) is 3.31. The van der Waals surface area contributed by atoms with Crippen molar-refractivity contribution < 1.29 is 23.1 Å². The van der Waals surface area contributed by atoms with Gasteiger partial charge in [-0.2, -0.15) is 0 Å². The standard InChI is InChI=1S/C24H28F3N5O2/c1-16-4-7-21(20(26)12-16)30-23-18(5-6-19(25)22(23)27)24(34)32(10-11-33)9-3-8-28-13-17-14-29-15-31(17)2/h4-7,12,14-15,28,30,33H,3,8-11,13H2,1-2H3/p+1. The second kappa shape index (κ2) is 11.7. The molecule has 0 saturated carbocycles. The zero-order chi connectivity index (χ0) is 24.7. The van der Waals surface area contributed by atoms with Crippen LogP contribution in [-0.4, -0.2) is 51.7 Å². The summed E-state index contributed by atoms with van der Waals surface area (Å²) in [6, 6.07) is 6.32. The maximum absolute atomic E-state index is 14.7. The summed E-state index contributed by atoms with van der Waals surface area (Å²) < 4.78 is 44.9. The van der Waals surface area contributed by atoms with Crippen molar-refractivity contribution in [3.63, 3.8) is 0 Å². The largest absolute Gasteiger partial charge is 0.444 e. The minimum Gasteiger partial charge on any atom is -0.444 e. The van der Waals surface area contributed by atoms with Crippen LogP contribution in [0.2, 0.25) is 0 Å². The molecule has 7 nitrogen and oxygen atoms in total. The third kappa shape index (κ3) is 6.15. The predicted molar refractivity (Wildman–Crippen MR) is 125 cm³/mol. The van der Waals surface area contributed by atoms with Crippen molar-refractivity contribution in [3.8, 4) is 0 Å². The summed E-state index contributed by atoms with van der Waals surface area (Å²) in [5, 5.41) is 13.4. The molecular formula is C24H29F3N5O2+. The first-order valence-electron chi connectivity index (χ1n) is 10.9. The van der Waals surface area contributed by atoms with Crippen LogP contribution >= 0.6 is 0 Å². The van der Waals surface area contributed by atoms with E-state index in [1.807, 2.05) is 11.6 Å². The molecule has 0 bridgehead atoms. The number of anilines is 2. The Morgan fingerprint density at radius 1 is 1.15 bits per heavy atom. The number of aryl methyl sites for hydroxylation is 2. The highest BCUT2D eigenvalue weighted by Gasteiger charge is 2.24. The number of hydrogen-bond donors (Lipinski definition) is 2. The van der Waals surface area contributed by atoms with Crippen molar-refractivity contribution >= 4 is 17.3 Å². The fourth-order valence-electron chi connectivity index (χ4n) is 3.49. The van der Waals surface area contributed by atoms with Crippen molar-refractivity contribution in [2.45, 2.75) is 19.9 Å². The predicted octanol–water partition coefficient (Wildman–Crippen LogP) is 3.24. The van der Waals surface area contributed by atoms with E-state index in [4.69, 9.17) is 5.11 Å². The molecule has 0 aliphatic heterocycles. The highest BCUT2D eigenvalue weighted by molar-refractivity contribution is 6.00. The first-order valence-corrected chi connectivity index (χ1v) is 10.9. The number of nitrogens with one attached hydrogen (secondary N) is 2. The molecule has 2 aromatic carbocycles. The Bertz CT molecular complexity index is 1140. The van der Waals surface area contributed by atoms with Gasteiger partial charge in [0.1, 0.15) is 5.82 Å². The molecule has 10 heteroatoms. The summed E-state index contributed by atoms with van der Waals surface area (Å²) in [4.78, 5) is 18.7. The van der Waals surface area contributed by atoms with Crippen LogP contribution in [0.4, 0.5) is 24.5 Å². The Kier molecular flexibility index (Phi) is 8.67. The van der Waals surface area contributed by atoms with Gasteiger partial charge in [0.2, 0.25) is 0 Å². The number of hydrogen-bond acceptors (Lipinski definition) is 4. The van der Waals surface area contributed by atoms with Gasteiger partial charge in [0.15, 0.2) is 18.2 Å². The van der Waals surface area contributed by atoms with E-state index in [1.54, 1.807) is 25.5 Å². The summed E-state index contributed by atoms with van der Waals surface area (Å²) in [5.41, 5.74) is 1.04. The molecule has 0 radical (unpaired) electrons. The molecule has 0 aliphatic carbocycles. The number of carbonyl (C=O) groups excluding carboxylic acids is 1. The van der Waals surface area contributed by atoms with Crippen LogP contribution < -0.4 is 10.6 Å². The summed E-state index contributed by atoms with van der Waals surface area (Å²) >= 11 is 0. The smallest absolute Gasteiger partial charge is 0.256 e. The van der Waals surface area contributed by atoms with E-state index in [-0.39, 0.29) is 24.4 Å². The van der Waals surface area contributed by atoms with E-state index in [2.05, 4.69) is 15.6 Å². The van der Waals surface area contributed by atoms with Gasteiger partial charge in [0.05, 0.1) is 35.5 Å². The van der Waals surface area contributed by atoms with E-state index in [0.717, 1.165) is 11.8 Å². The number of imidazole rings is 1. The minimum atomic E-state index is -1.27. The Morgan fingerprint density at radius 2 is 1.94 bits per heavy atom. The Hall–Kier alpha value is -3.37. The topological polar surface area (TPSA) is 85.1 Å². The Morgan fingerprint density at radius 3 is 2.62 bits per heavy atom. The number of aromatic nitrogens is 2. The molecule has 4 N–H and O–H groups in total. The van der Waals surface area contributed by atoms with Crippen molar-refractivity contribution in [1.82, 2.24) is 19.8 Å². The van der Waals surface area contributed by atoms with Gasteiger partial charge in [0.25, 0.3) is 5.91 Å². The van der Waals surface area contributed by atoms with Gasteiger partial charge in [-0.15, -0.1) is 0 Å². The third-order valence-corrected chi connectivity index (χ3v) is 5.38. The van der Waals surface area contributed by atoms with Crippen molar-refractivity contribution in [2.24, 2.45) is 7.05 Å². The lowest BCUT2D eigenvalue weighted by molar-refractivity contribution is 0.0720. The number of nitrogens with zero attached hydrogens (tertiary/aromatic N) is 3.